The van der Waals surface area contributed by atoms with Gasteiger partial charge in [0, 0.05) is 16.6 Å². The van der Waals surface area contributed by atoms with E-state index in [9.17, 15) is 4.79 Å². The van der Waals surface area contributed by atoms with Crippen LogP contribution in [0.3, 0.4) is 0 Å². The van der Waals surface area contributed by atoms with Crippen molar-refractivity contribution in [1.82, 2.24) is 4.98 Å². The van der Waals surface area contributed by atoms with E-state index in [0.29, 0.717) is 0 Å². The first-order valence-corrected chi connectivity index (χ1v) is 8.08. The van der Waals surface area contributed by atoms with Crippen LogP contribution < -0.4 is 11.1 Å². The highest BCUT2D eigenvalue weighted by atomic mass is 35.5. The van der Waals surface area contributed by atoms with Gasteiger partial charge >= 0.3 is 0 Å². The Balaban J connectivity index is 0.00000176. The Morgan fingerprint density at radius 1 is 1.36 bits per heavy atom. The maximum Gasteiger partial charge on any atom is 0.244 e. The van der Waals surface area contributed by atoms with E-state index in [1.54, 1.807) is 11.3 Å². The van der Waals surface area contributed by atoms with Gasteiger partial charge in [0.05, 0.1) is 16.2 Å². The Labute approximate surface area is 140 Å². The van der Waals surface area contributed by atoms with Crippen molar-refractivity contribution in [3.8, 4) is 11.3 Å². The van der Waals surface area contributed by atoms with Crippen LogP contribution in [0.2, 0.25) is 0 Å². The molecule has 3 N–H and O–H groups in total. The topological polar surface area (TPSA) is 68.0 Å². The standard InChI is InChI=1S/C16H19N3OS.ClH/c1-11-18-14(10-21-11)12-5-4-6-13(9-12)19-15(20)16(17)7-2-3-8-16;/h4-6,9-10H,2-3,7-8,17H2,1H3,(H,19,20);1H. The zero-order valence-electron chi connectivity index (χ0n) is 12.5. The fourth-order valence-corrected chi connectivity index (χ4v) is 3.36. The van der Waals surface area contributed by atoms with Crippen molar-refractivity contribution >= 4 is 35.3 Å². The number of amides is 1. The van der Waals surface area contributed by atoms with Crippen molar-refractivity contribution < 1.29 is 4.79 Å². The highest BCUT2D eigenvalue weighted by Crippen LogP contribution is 2.29. The number of halogens is 1. The van der Waals surface area contributed by atoms with Crippen LogP contribution in [0.15, 0.2) is 29.6 Å². The quantitative estimate of drug-likeness (QED) is 0.896. The summed E-state index contributed by atoms with van der Waals surface area (Å²) >= 11 is 1.62. The van der Waals surface area contributed by atoms with Gasteiger partial charge in [0.2, 0.25) is 5.91 Å². The van der Waals surface area contributed by atoms with Crippen LogP contribution >= 0.6 is 23.7 Å². The van der Waals surface area contributed by atoms with Crippen molar-refractivity contribution in [1.29, 1.82) is 0 Å². The molecule has 0 radical (unpaired) electrons. The Morgan fingerprint density at radius 3 is 2.73 bits per heavy atom. The van der Waals surface area contributed by atoms with Crippen molar-refractivity contribution in [2.75, 3.05) is 5.32 Å². The summed E-state index contributed by atoms with van der Waals surface area (Å²) in [6.07, 6.45) is 3.59. The first-order chi connectivity index (χ1) is 10.1. The third-order valence-corrected chi connectivity index (χ3v) is 4.76. The molecular formula is C16H20ClN3OS. The minimum absolute atomic E-state index is 0. The summed E-state index contributed by atoms with van der Waals surface area (Å²) in [6.45, 7) is 1.98. The van der Waals surface area contributed by atoms with E-state index in [2.05, 4.69) is 10.3 Å². The fraction of sp³-hybridized carbons (Fsp3) is 0.375. The molecule has 0 bridgehead atoms. The molecule has 1 amide bonds. The number of aromatic nitrogens is 1. The number of benzene rings is 1. The number of carbonyl (C=O) groups excluding carboxylic acids is 1. The number of hydrogen-bond acceptors (Lipinski definition) is 4. The van der Waals surface area contributed by atoms with E-state index in [-0.39, 0.29) is 18.3 Å². The molecule has 1 fully saturated rings. The molecule has 4 nitrogen and oxygen atoms in total. The number of hydrogen-bond donors (Lipinski definition) is 2. The van der Waals surface area contributed by atoms with Gasteiger partial charge in [-0.2, -0.15) is 0 Å². The molecule has 22 heavy (non-hydrogen) atoms. The minimum atomic E-state index is -0.701. The molecule has 1 saturated carbocycles. The van der Waals surface area contributed by atoms with Gasteiger partial charge in [-0.05, 0) is 31.9 Å². The van der Waals surface area contributed by atoms with Crippen LogP contribution in [0, 0.1) is 6.92 Å². The van der Waals surface area contributed by atoms with Gasteiger partial charge in [-0.3, -0.25) is 4.79 Å². The molecule has 1 aromatic carbocycles. The van der Waals surface area contributed by atoms with Gasteiger partial charge in [-0.25, -0.2) is 4.98 Å². The van der Waals surface area contributed by atoms with Gasteiger partial charge < -0.3 is 11.1 Å². The molecule has 2 aromatic rings. The van der Waals surface area contributed by atoms with Crippen molar-refractivity contribution in [2.45, 2.75) is 38.1 Å². The Morgan fingerprint density at radius 2 is 2.09 bits per heavy atom. The molecule has 1 heterocycles. The van der Waals surface area contributed by atoms with E-state index in [0.717, 1.165) is 47.6 Å². The Kier molecular flexibility index (Phi) is 5.21. The Bertz CT molecular complexity index is 665. The third-order valence-electron chi connectivity index (χ3n) is 3.98. The number of thiazole rings is 1. The van der Waals surface area contributed by atoms with Gasteiger partial charge in [-0.1, -0.05) is 25.0 Å². The van der Waals surface area contributed by atoms with Gasteiger partial charge in [0.25, 0.3) is 0 Å². The van der Waals surface area contributed by atoms with E-state index in [4.69, 9.17) is 5.73 Å². The molecule has 0 saturated heterocycles. The van der Waals surface area contributed by atoms with Crippen LogP contribution in [0.4, 0.5) is 5.69 Å². The van der Waals surface area contributed by atoms with Gasteiger partial charge in [-0.15, -0.1) is 23.7 Å². The number of nitrogens with two attached hydrogens (primary N) is 1. The van der Waals surface area contributed by atoms with E-state index >= 15 is 0 Å². The first-order valence-electron chi connectivity index (χ1n) is 7.20. The van der Waals surface area contributed by atoms with Crippen LogP contribution in [0.5, 0.6) is 0 Å². The molecule has 118 valence electrons. The summed E-state index contributed by atoms with van der Waals surface area (Å²) in [6, 6.07) is 7.76. The first kappa shape index (κ1) is 16.9. The summed E-state index contributed by atoms with van der Waals surface area (Å²) in [5.41, 5.74) is 8.21. The minimum Gasteiger partial charge on any atom is -0.324 e. The van der Waals surface area contributed by atoms with Crippen LogP contribution in [-0.4, -0.2) is 16.4 Å². The van der Waals surface area contributed by atoms with E-state index < -0.39 is 5.54 Å². The molecule has 0 aliphatic heterocycles. The Hall–Kier alpha value is -1.43. The summed E-state index contributed by atoms with van der Waals surface area (Å²) in [7, 11) is 0. The van der Waals surface area contributed by atoms with Crippen molar-refractivity contribution in [2.24, 2.45) is 5.73 Å². The van der Waals surface area contributed by atoms with E-state index in [1.165, 1.54) is 0 Å². The van der Waals surface area contributed by atoms with Gasteiger partial charge in [0.1, 0.15) is 0 Å². The normalized spacial score (nSPS) is 16.1. The second kappa shape index (κ2) is 6.77. The molecule has 1 aliphatic carbocycles. The lowest BCUT2D eigenvalue weighted by Gasteiger charge is -2.22. The number of carbonyl (C=O) groups is 1. The van der Waals surface area contributed by atoms with Crippen LogP contribution in [0.25, 0.3) is 11.3 Å². The fourth-order valence-electron chi connectivity index (χ4n) is 2.74. The number of nitrogens with one attached hydrogen (secondary N) is 1. The number of nitrogens with zero attached hydrogens (tertiary/aromatic N) is 1. The molecule has 1 aliphatic rings. The van der Waals surface area contributed by atoms with Crippen LogP contribution in [0.1, 0.15) is 30.7 Å². The maximum absolute atomic E-state index is 12.3. The smallest absolute Gasteiger partial charge is 0.244 e. The van der Waals surface area contributed by atoms with Crippen molar-refractivity contribution in [3.05, 3.63) is 34.7 Å². The second-order valence-electron chi connectivity index (χ2n) is 5.65. The molecule has 0 spiro atoms. The number of anilines is 1. The van der Waals surface area contributed by atoms with E-state index in [1.807, 2.05) is 36.6 Å². The zero-order valence-corrected chi connectivity index (χ0v) is 14.1. The monoisotopic (exact) mass is 337 g/mol. The summed E-state index contributed by atoms with van der Waals surface area (Å²) in [5.74, 6) is -0.0772. The molecule has 0 atom stereocenters. The van der Waals surface area contributed by atoms with Crippen molar-refractivity contribution in [3.63, 3.8) is 0 Å². The lowest BCUT2D eigenvalue weighted by Crippen LogP contribution is -2.48. The molecule has 1 aromatic heterocycles. The second-order valence-corrected chi connectivity index (χ2v) is 6.71. The molecule has 0 unspecified atom stereocenters. The molecule has 6 heteroatoms. The number of aryl methyl sites for hydroxylation is 1. The summed E-state index contributed by atoms with van der Waals surface area (Å²) in [4.78, 5) is 16.8. The number of rotatable bonds is 3. The predicted octanol–water partition coefficient (Wildman–Crippen LogP) is 3.75. The van der Waals surface area contributed by atoms with Gasteiger partial charge in [0.15, 0.2) is 0 Å². The average molecular weight is 338 g/mol. The predicted molar refractivity (Wildman–Crippen MR) is 93.6 cm³/mol. The average Bonchev–Trinajstić information content (AvgIpc) is 3.09. The maximum atomic E-state index is 12.3. The SMILES string of the molecule is Cc1nc(-c2cccc(NC(=O)C3(N)CCCC3)c2)cs1.Cl. The highest BCUT2D eigenvalue weighted by molar-refractivity contribution is 7.09. The summed E-state index contributed by atoms with van der Waals surface area (Å²) in [5, 5.41) is 6.01. The summed E-state index contributed by atoms with van der Waals surface area (Å²) < 4.78 is 0. The highest BCUT2D eigenvalue weighted by Gasteiger charge is 2.36. The lowest BCUT2D eigenvalue weighted by atomic mass is 9.98. The van der Waals surface area contributed by atoms with Crippen LogP contribution in [-0.2, 0) is 4.79 Å². The molecule has 3 rings (SSSR count). The third kappa shape index (κ3) is 3.48. The molecular weight excluding hydrogens is 318 g/mol. The zero-order chi connectivity index (χ0) is 14.9. The largest absolute Gasteiger partial charge is 0.324 e. The lowest BCUT2D eigenvalue weighted by molar-refractivity contribution is -0.121.